The van der Waals surface area contributed by atoms with E-state index in [0.717, 1.165) is 13.0 Å². The molecule has 14 heavy (non-hydrogen) atoms. The second-order valence-corrected chi connectivity index (χ2v) is 3.77. The molecule has 0 saturated carbocycles. The van der Waals surface area contributed by atoms with Gasteiger partial charge in [0.05, 0.1) is 6.10 Å². The van der Waals surface area contributed by atoms with Crippen molar-refractivity contribution in [2.75, 3.05) is 13.2 Å². The van der Waals surface area contributed by atoms with Gasteiger partial charge < -0.3 is 10.1 Å². The maximum atomic E-state index is 11.1. The molecule has 0 fully saturated rings. The lowest BCUT2D eigenvalue weighted by atomic mass is 10.2. The molecule has 0 unspecified atom stereocenters. The van der Waals surface area contributed by atoms with Gasteiger partial charge in [0.2, 0.25) is 5.91 Å². The Morgan fingerprint density at radius 2 is 2.07 bits per heavy atom. The van der Waals surface area contributed by atoms with Crippen LogP contribution in [-0.2, 0) is 9.53 Å². The molecule has 0 saturated heterocycles. The van der Waals surface area contributed by atoms with Crippen molar-refractivity contribution in [3.63, 3.8) is 0 Å². The van der Waals surface area contributed by atoms with Gasteiger partial charge in [0, 0.05) is 7.97 Å². The van der Waals surface area contributed by atoms with Crippen LogP contribution < -0.4 is 5.32 Å². The van der Waals surface area contributed by atoms with E-state index < -0.39 is 0 Å². The molecule has 0 aliphatic rings. The van der Waals surface area contributed by atoms with Crippen molar-refractivity contribution < 1.29 is 11.0 Å². The zero-order valence-corrected chi connectivity index (χ0v) is 9.64. The van der Waals surface area contributed by atoms with Crippen molar-refractivity contribution in [2.24, 2.45) is 0 Å². The molecule has 0 heterocycles. The van der Waals surface area contributed by atoms with Crippen molar-refractivity contribution in [1.29, 1.82) is 0 Å². The van der Waals surface area contributed by atoms with Crippen molar-refractivity contribution in [3.05, 3.63) is 0 Å². The molecule has 1 amide bonds. The fraction of sp³-hybridized carbons (Fsp3) is 0.909. The molecule has 86 valence electrons. The Balaban J connectivity index is 0. The number of nitrogens with one attached hydrogen (secondary N) is 1. The Hall–Kier alpha value is -0.570. The second-order valence-electron chi connectivity index (χ2n) is 3.77. The SMILES string of the molecule is CCCCCCNC(=O)COC(C)C.[HH]. The first kappa shape index (κ1) is 13.4. The summed E-state index contributed by atoms with van der Waals surface area (Å²) in [5, 5.41) is 2.83. The standard InChI is InChI=1S/C11H23NO2.H2/c1-4-5-6-7-8-12-11(13)9-14-10(2)3;/h10H,4-9H2,1-3H3,(H,12,13);1H. The first-order chi connectivity index (χ1) is 6.66. The van der Waals surface area contributed by atoms with Gasteiger partial charge in [-0.25, -0.2) is 0 Å². The van der Waals surface area contributed by atoms with E-state index in [4.69, 9.17) is 4.74 Å². The second kappa shape index (κ2) is 9.00. The fourth-order valence-electron chi connectivity index (χ4n) is 1.07. The summed E-state index contributed by atoms with van der Waals surface area (Å²) in [6.07, 6.45) is 4.87. The molecule has 0 aliphatic heterocycles. The lowest BCUT2D eigenvalue weighted by Crippen LogP contribution is -2.29. The third kappa shape index (κ3) is 9.52. The third-order valence-electron chi connectivity index (χ3n) is 1.90. The predicted octanol–water partition coefficient (Wildman–Crippen LogP) is 2.35. The van der Waals surface area contributed by atoms with Crippen LogP contribution in [-0.4, -0.2) is 25.2 Å². The highest BCUT2D eigenvalue weighted by Crippen LogP contribution is 1.96. The van der Waals surface area contributed by atoms with Crippen molar-refractivity contribution in [1.82, 2.24) is 5.32 Å². The van der Waals surface area contributed by atoms with Gasteiger partial charge in [-0.05, 0) is 20.3 Å². The molecule has 0 bridgehead atoms. The van der Waals surface area contributed by atoms with Crippen LogP contribution in [0.25, 0.3) is 0 Å². The summed E-state index contributed by atoms with van der Waals surface area (Å²) in [5.74, 6) is -0.00445. The highest BCUT2D eigenvalue weighted by molar-refractivity contribution is 5.77. The van der Waals surface area contributed by atoms with Gasteiger partial charge in [-0.2, -0.15) is 0 Å². The number of rotatable bonds is 8. The quantitative estimate of drug-likeness (QED) is 0.615. The molecule has 0 aromatic heterocycles. The van der Waals surface area contributed by atoms with E-state index in [0.29, 0.717) is 0 Å². The van der Waals surface area contributed by atoms with Crippen LogP contribution in [0.4, 0.5) is 0 Å². The first-order valence-corrected chi connectivity index (χ1v) is 5.55. The molecule has 3 heteroatoms. The fourth-order valence-corrected chi connectivity index (χ4v) is 1.07. The molecular formula is C11H25NO2. The average molecular weight is 203 g/mol. The molecule has 3 nitrogen and oxygen atoms in total. The molecule has 0 spiro atoms. The van der Waals surface area contributed by atoms with Crippen molar-refractivity contribution in [2.45, 2.75) is 52.6 Å². The Labute approximate surface area is 88.7 Å². The zero-order chi connectivity index (χ0) is 10.8. The molecule has 0 rings (SSSR count). The van der Waals surface area contributed by atoms with Crippen LogP contribution in [0.15, 0.2) is 0 Å². The van der Waals surface area contributed by atoms with Crippen LogP contribution in [0.1, 0.15) is 47.9 Å². The normalized spacial score (nSPS) is 10.6. The van der Waals surface area contributed by atoms with E-state index >= 15 is 0 Å². The van der Waals surface area contributed by atoms with Crippen LogP contribution in [0.3, 0.4) is 0 Å². The van der Waals surface area contributed by atoms with E-state index in [1.54, 1.807) is 0 Å². The van der Waals surface area contributed by atoms with Gasteiger partial charge in [0.15, 0.2) is 0 Å². The summed E-state index contributed by atoms with van der Waals surface area (Å²) in [6, 6.07) is 0. The Kier molecular flexibility index (Phi) is 8.64. The maximum absolute atomic E-state index is 11.1. The first-order valence-electron chi connectivity index (χ1n) is 5.55. The Morgan fingerprint density at radius 1 is 1.36 bits per heavy atom. The average Bonchev–Trinajstić information content (AvgIpc) is 2.14. The van der Waals surface area contributed by atoms with E-state index in [2.05, 4.69) is 12.2 Å². The van der Waals surface area contributed by atoms with E-state index in [-0.39, 0.29) is 20.0 Å². The molecule has 0 atom stereocenters. The molecule has 1 N–H and O–H groups in total. The summed E-state index contributed by atoms with van der Waals surface area (Å²) in [4.78, 5) is 11.1. The van der Waals surface area contributed by atoms with Crippen LogP contribution >= 0.6 is 0 Å². The van der Waals surface area contributed by atoms with Crippen LogP contribution in [0.2, 0.25) is 0 Å². The summed E-state index contributed by atoms with van der Waals surface area (Å²) < 4.78 is 5.17. The lowest BCUT2D eigenvalue weighted by molar-refractivity contribution is -0.127. The highest BCUT2D eigenvalue weighted by atomic mass is 16.5. The van der Waals surface area contributed by atoms with Gasteiger partial charge in [-0.3, -0.25) is 4.79 Å². The molecular weight excluding hydrogens is 178 g/mol. The number of amides is 1. The van der Waals surface area contributed by atoms with Gasteiger partial charge in [-0.15, -0.1) is 0 Å². The zero-order valence-electron chi connectivity index (χ0n) is 9.64. The highest BCUT2D eigenvalue weighted by Gasteiger charge is 2.01. The maximum Gasteiger partial charge on any atom is 0.246 e. The topological polar surface area (TPSA) is 38.3 Å². The smallest absolute Gasteiger partial charge is 0.246 e. The number of hydrogen-bond acceptors (Lipinski definition) is 2. The minimum Gasteiger partial charge on any atom is -0.369 e. The van der Waals surface area contributed by atoms with E-state index in [1.165, 1.54) is 19.3 Å². The Morgan fingerprint density at radius 3 is 2.64 bits per heavy atom. The van der Waals surface area contributed by atoms with E-state index in [9.17, 15) is 4.79 Å². The van der Waals surface area contributed by atoms with Crippen molar-refractivity contribution >= 4 is 5.91 Å². The number of unbranched alkanes of at least 4 members (excludes halogenated alkanes) is 3. The number of hydrogen-bond donors (Lipinski definition) is 1. The van der Waals surface area contributed by atoms with Gasteiger partial charge in [0.25, 0.3) is 0 Å². The van der Waals surface area contributed by atoms with Gasteiger partial charge >= 0.3 is 0 Å². The number of ether oxygens (including phenoxy) is 1. The van der Waals surface area contributed by atoms with Crippen LogP contribution in [0.5, 0.6) is 0 Å². The monoisotopic (exact) mass is 203 g/mol. The van der Waals surface area contributed by atoms with E-state index in [1.807, 2.05) is 13.8 Å². The molecule has 0 aromatic rings. The predicted molar refractivity (Wildman–Crippen MR) is 60.4 cm³/mol. The lowest BCUT2D eigenvalue weighted by Gasteiger charge is -2.07. The summed E-state index contributed by atoms with van der Waals surface area (Å²) in [7, 11) is 0. The Bertz CT molecular complexity index is 152. The summed E-state index contributed by atoms with van der Waals surface area (Å²) in [6.45, 7) is 6.99. The minimum absolute atomic E-state index is 0. The van der Waals surface area contributed by atoms with Crippen molar-refractivity contribution in [3.8, 4) is 0 Å². The van der Waals surface area contributed by atoms with Crippen LogP contribution in [0, 0.1) is 0 Å². The summed E-state index contributed by atoms with van der Waals surface area (Å²) in [5.41, 5.74) is 0. The molecule has 0 aliphatic carbocycles. The van der Waals surface area contributed by atoms with Gasteiger partial charge in [-0.1, -0.05) is 26.2 Å². The minimum atomic E-state index is -0.00445. The molecule has 0 aromatic carbocycles. The third-order valence-corrected chi connectivity index (χ3v) is 1.90. The molecule has 0 radical (unpaired) electrons. The largest absolute Gasteiger partial charge is 0.369 e. The summed E-state index contributed by atoms with van der Waals surface area (Å²) >= 11 is 0. The van der Waals surface area contributed by atoms with Gasteiger partial charge in [0.1, 0.15) is 6.61 Å². The number of carbonyl (C=O) groups is 1. The number of carbonyl (C=O) groups excluding carboxylic acids is 1.